The van der Waals surface area contributed by atoms with Gasteiger partial charge in [-0.25, -0.2) is 0 Å². The molecule has 1 aromatic heterocycles. The molecule has 0 radical (unpaired) electrons. The number of fused-ring (bicyclic) bond motifs is 3. The van der Waals surface area contributed by atoms with E-state index in [1.54, 1.807) is 11.3 Å². The number of hydrogen-bond acceptors (Lipinski definition) is 4. The minimum atomic E-state index is -0.363. The smallest absolute Gasteiger partial charge is 0.222 e. The maximum absolute atomic E-state index is 12.7. The molecule has 1 fully saturated rings. The van der Waals surface area contributed by atoms with E-state index in [0.717, 1.165) is 24.2 Å². The number of carbonyl (C=O) groups excluding carboxylic acids is 1. The number of nitrogens with zero attached hydrogens (tertiary/aromatic N) is 1. The van der Waals surface area contributed by atoms with Crippen LogP contribution in [-0.2, 0) is 11.2 Å². The van der Waals surface area contributed by atoms with Gasteiger partial charge >= 0.3 is 0 Å². The van der Waals surface area contributed by atoms with E-state index in [1.165, 1.54) is 4.88 Å². The van der Waals surface area contributed by atoms with E-state index in [1.807, 2.05) is 23.1 Å². The Hall–Kier alpha value is -1.85. The summed E-state index contributed by atoms with van der Waals surface area (Å²) in [7, 11) is 0. The second-order valence-electron chi connectivity index (χ2n) is 7.11. The first kappa shape index (κ1) is 16.6. The van der Waals surface area contributed by atoms with Gasteiger partial charge in [-0.3, -0.25) is 4.79 Å². The molecular formula is C20H23NO3S. The molecule has 2 aromatic rings. The van der Waals surface area contributed by atoms with Gasteiger partial charge in [-0.1, -0.05) is 24.3 Å². The van der Waals surface area contributed by atoms with Crippen molar-refractivity contribution in [3.63, 3.8) is 0 Å². The molecule has 3 heterocycles. The third kappa shape index (κ3) is 3.07. The van der Waals surface area contributed by atoms with Crippen molar-refractivity contribution in [2.75, 3.05) is 26.3 Å². The number of hydrogen-bond donors (Lipinski definition) is 1. The van der Waals surface area contributed by atoms with E-state index < -0.39 is 0 Å². The molecule has 1 aromatic carbocycles. The Labute approximate surface area is 152 Å². The standard InChI is InChI=1S/C20H23NO3S/c22-13-20-12-21(19(23)9-3-5-15-6-4-10-25-15)11-17(20)16-7-1-2-8-18(16)24-14-20/h1-2,4,6-8,10,17,22H,3,5,9,11-14H2/t17-,20-/m0/s1. The molecular weight excluding hydrogens is 334 g/mol. The fourth-order valence-corrected chi connectivity index (χ4v) is 4.84. The molecule has 132 valence electrons. The number of amides is 1. The predicted molar refractivity (Wildman–Crippen MR) is 98.0 cm³/mol. The zero-order valence-electron chi connectivity index (χ0n) is 14.2. The molecule has 4 nitrogen and oxygen atoms in total. The molecule has 1 N–H and O–H groups in total. The van der Waals surface area contributed by atoms with Crippen LogP contribution in [0.25, 0.3) is 0 Å². The number of rotatable bonds is 5. The summed E-state index contributed by atoms with van der Waals surface area (Å²) in [6.07, 6.45) is 2.39. The van der Waals surface area contributed by atoms with Crippen molar-refractivity contribution in [2.45, 2.75) is 25.2 Å². The highest BCUT2D eigenvalue weighted by Crippen LogP contribution is 2.49. The average molecular weight is 357 g/mol. The first-order valence-corrected chi connectivity index (χ1v) is 9.72. The largest absolute Gasteiger partial charge is 0.493 e. The van der Waals surface area contributed by atoms with Crippen LogP contribution in [0.3, 0.4) is 0 Å². The molecule has 0 saturated carbocycles. The monoisotopic (exact) mass is 357 g/mol. The highest BCUT2D eigenvalue weighted by molar-refractivity contribution is 7.09. The quantitative estimate of drug-likeness (QED) is 0.895. The maximum atomic E-state index is 12.7. The Morgan fingerprint density at radius 1 is 1.32 bits per heavy atom. The number of aryl methyl sites for hydroxylation is 1. The zero-order valence-corrected chi connectivity index (χ0v) is 15.0. The molecule has 2 atom stereocenters. The number of para-hydroxylation sites is 1. The van der Waals surface area contributed by atoms with Crippen LogP contribution in [0.1, 0.15) is 29.2 Å². The van der Waals surface area contributed by atoms with Gasteiger partial charge in [0.15, 0.2) is 0 Å². The molecule has 0 spiro atoms. The first-order valence-electron chi connectivity index (χ1n) is 8.85. The van der Waals surface area contributed by atoms with Gasteiger partial charge in [-0.15, -0.1) is 11.3 Å². The molecule has 5 heteroatoms. The molecule has 0 unspecified atom stereocenters. The zero-order chi connectivity index (χ0) is 17.3. The summed E-state index contributed by atoms with van der Waals surface area (Å²) in [5, 5.41) is 12.1. The van der Waals surface area contributed by atoms with Crippen LogP contribution in [0.4, 0.5) is 0 Å². The number of carbonyl (C=O) groups is 1. The summed E-state index contributed by atoms with van der Waals surface area (Å²) in [6, 6.07) is 12.2. The Balaban J connectivity index is 1.44. The van der Waals surface area contributed by atoms with Gasteiger partial charge in [-0.05, 0) is 35.9 Å². The molecule has 1 saturated heterocycles. The van der Waals surface area contributed by atoms with Gasteiger partial charge in [0.2, 0.25) is 5.91 Å². The number of likely N-dealkylation sites (tertiary alicyclic amines) is 1. The fourth-order valence-electron chi connectivity index (χ4n) is 4.09. The van der Waals surface area contributed by atoms with Crippen molar-refractivity contribution in [3.05, 3.63) is 52.2 Å². The van der Waals surface area contributed by atoms with E-state index in [4.69, 9.17) is 4.74 Å². The highest BCUT2D eigenvalue weighted by atomic mass is 32.1. The molecule has 2 aliphatic rings. The summed E-state index contributed by atoms with van der Waals surface area (Å²) < 4.78 is 5.89. The third-order valence-corrected chi connectivity index (χ3v) is 6.46. The number of aliphatic hydroxyl groups is 1. The van der Waals surface area contributed by atoms with Crippen LogP contribution in [-0.4, -0.2) is 42.2 Å². The molecule has 2 aliphatic heterocycles. The minimum absolute atomic E-state index is 0.0466. The average Bonchev–Trinajstić information content (AvgIpc) is 3.29. The van der Waals surface area contributed by atoms with Crippen molar-refractivity contribution in [1.82, 2.24) is 4.90 Å². The Morgan fingerprint density at radius 2 is 2.20 bits per heavy atom. The van der Waals surface area contributed by atoms with Gasteiger partial charge in [-0.2, -0.15) is 0 Å². The maximum Gasteiger partial charge on any atom is 0.222 e. The predicted octanol–water partition coefficient (Wildman–Crippen LogP) is 3.07. The van der Waals surface area contributed by atoms with Gasteiger partial charge in [0.05, 0.1) is 18.6 Å². The van der Waals surface area contributed by atoms with E-state index >= 15 is 0 Å². The lowest BCUT2D eigenvalue weighted by Crippen LogP contribution is -2.42. The number of aliphatic hydroxyl groups excluding tert-OH is 1. The molecule has 0 aliphatic carbocycles. The molecule has 0 bridgehead atoms. The number of thiophene rings is 1. The minimum Gasteiger partial charge on any atom is -0.493 e. The van der Waals surface area contributed by atoms with Crippen molar-refractivity contribution >= 4 is 17.2 Å². The Bertz CT molecular complexity index is 745. The second-order valence-corrected chi connectivity index (χ2v) is 8.14. The van der Waals surface area contributed by atoms with Crippen LogP contribution in [0.15, 0.2) is 41.8 Å². The summed E-state index contributed by atoms with van der Waals surface area (Å²) >= 11 is 1.74. The van der Waals surface area contributed by atoms with Crippen molar-refractivity contribution < 1.29 is 14.6 Å². The van der Waals surface area contributed by atoms with Crippen molar-refractivity contribution in [3.8, 4) is 5.75 Å². The van der Waals surface area contributed by atoms with Gasteiger partial charge in [0, 0.05) is 30.3 Å². The van der Waals surface area contributed by atoms with Gasteiger partial charge in [0.25, 0.3) is 0 Å². The third-order valence-electron chi connectivity index (χ3n) is 5.52. The van der Waals surface area contributed by atoms with Crippen LogP contribution >= 0.6 is 11.3 Å². The Morgan fingerprint density at radius 3 is 3.00 bits per heavy atom. The number of benzene rings is 1. The summed E-state index contributed by atoms with van der Waals surface area (Å²) in [5.74, 6) is 1.24. The fraction of sp³-hybridized carbons (Fsp3) is 0.450. The lowest BCUT2D eigenvalue weighted by Gasteiger charge is -2.37. The van der Waals surface area contributed by atoms with Crippen molar-refractivity contribution in [2.24, 2.45) is 5.41 Å². The van der Waals surface area contributed by atoms with Crippen LogP contribution in [0, 0.1) is 5.41 Å². The lowest BCUT2D eigenvalue weighted by atomic mass is 9.74. The van der Waals surface area contributed by atoms with Crippen LogP contribution < -0.4 is 4.74 Å². The summed E-state index contributed by atoms with van der Waals surface area (Å²) in [6.45, 7) is 1.79. The normalized spacial score (nSPS) is 24.5. The van der Waals surface area contributed by atoms with Gasteiger partial charge < -0.3 is 14.7 Å². The first-order chi connectivity index (χ1) is 12.2. The van der Waals surface area contributed by atoms with E-state index in [-0.39, 0.29) is 23.8 Å². The summed E-state index contributed by atoms with van der Waals surface area (Å²) in [4.78, 5) is 16.0. The van der Waals surface area contributed by atoms with E-state index in [2.05, 4.69) is 23.6 Å². The number of ether oxygens (including phenoxy) is 1. The second kappa shape index (κ2) is 6.81. The van der Waals surface area contributed by atoms with Crippen LogP contribution in [0.2, 0.25) is 0 Å². The van der Waals surface area contributed by atoms with E-state index in [0.29, 0.717) is 26.1 Å². The highest BCUT2D eigenvalue weighted by Gasteiger charge is 2.51. The SMILES string of the molecule is O=C(CCCc1cccs1)N1C[C@H]2c3ccccc3OC[C@@]2(CO)C1. The topological polar surface area (TPSA) is 49.8 Å². The summed E-state index contributed by atoms with van der Waals surface area (Å²) in [5.41, 5.74) is 0.759. The van der Waals surface area contributed by atoms with E-state index in [9.17, 15) is 9.90 Å². The molecule has 1 amide bonds. The van der Waals surface area contributed by atoms with Crippen LogP contribution in [0.5, 0.6) is 5.75 Å². The molecule has 4 rings (SSSR count). The molecule has 25 heavy (non-hydrogen) atoms. The Kier molecular flexibility index (Phi) is 4.52. The lowest BCUT2D eigenvalue weighted by molar-refractivity contribution is -0.130. The van der Waals surface area contributed by atoms with Crippen molar-refractivity contribution in [1.29, 1.82) is 0 Å². The van der Waals surface area contributed by atoms with Gasteiger partial charge in [0.1, 0.15) is 5.75 Å².